The number of carbonyl (C=O) groups is 2. The fourth-order valence-electron chi connectivity index (χ4n) is 2.12. The number of rotatable bonds is 6. The molecule has 0 saturated heterocycles. The fraction of sp³-hybridized carbons (Fsp3) is 0.250. The summed E-state index contributed by atoms with van der Waals surface area (Å²) in [4.78, 5) is 32.9. The summed E-state index contributed by atoms with van der Waals surface area (Å²) < 4.78 is 0. The van der Waals surface area contributed by atoms with Crippen molar-refractivity contribution in [3.05, 3.63) is 59.7 Å². The lowest BCUT2D eigenvalue weighted by Gasteiger charge is -2.16. The van der Waals surface area contributed by atoms with Crippen molar-refractivity contribution >= 4 is 11.9 Å². The highest BCUT2D eigenvalue weighted by atomic mass is 16.4. The van der Waals surface area contributed by atoms with Gasteiger partial charge in [-0.05, 0) is 18.1 Å². The standard InChI is InChI=1S/C16H17N3O3/c1-19(11-13-10-17-8-9-18-13)15(20)7-6-12-4-2-3-5-14(12)16(21)22/h2-5,8-10H,6-7,11H2,1H3,(H,21,22). The van der Waals surface area contributed by atoms with E-state index in [1.807, 2.05) is 0 Å². The summed E-state index contributed by atoms with van der Waals surface area (Å²) in [5.41, 5.74) is 1.62. The molecule has 0 fully saturated rings. The van der Waals surface area contributed by atoms with Gasteiger partial charge in [0.25, 0.3) is 0 Å². The van der Waals surface area contributed by atoms with Crippen molar-refractivity contribution in [2.24, 2.45) is 0 Å². The molecule has 1 amide bonds. The van der Waals surface area contributed by atoms with Crippen LogP contribution in [0.5, 0.6) is 0 Å². The molecule has 0 aliphatic rings. The lowest BCUT2D eigenvalue weighted by Crippen LogP contribution is -2.27. The summed E-state index contributed by atoms with van der Waals surface area (Å²) in [6.45, 7) is 0.382. The number of amides is 1. The highest BCUT2D eigenvalue weighted by Gasteiger charge is 2.13. The third-order valence-electron chi connectivity index (χ3n) is 3.30. The minimum absolute atomic E-state index is 0.0640. The molecule has 0 atom stereocenters. The first-order valence-electron chi connectivity index (χ1n) is 6.88. The first kappa shape index (κ1) is 15.6. The molecule has 0 aliphatic carbocycles. The molecule has 114 valence electrons. The van der Waals surface area contributed by atoms with Crippen LogP contribution >= 0.6 is 0 Å². The van der Waals surface area contributed by atoms with Crippen molar-refractivity contribution in [1.82, 2.24) is 14.9 Å². The molecule has 1 aromatic carbocycles. The third-order valence-corrected chi connectivity index (χ3v) is 3.30. The molecule has 0 spiro atoms. The quantitative estimate of drug-likeness (QED) is 0.878. The fourth-order valence-corrected chi connectivity index (χ4v) is 2.12. The van der Waals surface area contributed by atoms with Crippen LogP contribution in [0.2, 0.25) is 0 Å². The number of aryl methyl sites for hydroxylation is 1. The average molecular weight is 299 g/mol. The van der Waals surface area contributed by atoms with Crippen LogP contribution in [0.1, 0.15) is 28.0 Å². The Hall–Kier alpha value is -2.76. The second kappa shape index (κ2) is 7.31. The normalized spacial score (nSPS) is 10.2. The van der Waals surface area contributed by atoms with E-state index < -0.39 is 5.97 Å². The lowest BCUT2D eigenvalue weighted by molar-refractivity contribution is -0.130. The van der Waals surface area contributed by atoms with Gasteiger partial charge in [-0.25, -0.2) is 4.79 Å². The molecule has 0 aliphatic heterocycles. The number of nitrogens with zero attached hydrogens (tertiary/aromatic N) is 3. The highest BCUT2D eigenvalue weighted by Crippen LogP contribution is 2.12. The zero-order chi connectivity index (χ0) is 15.9. The van der Waals surface area contributed by atoms with E-state index in [0.29, 0.717) is 24.2 Å². The second-order valence-electron chi connectivity index (χ2n) is 4.91. The van der Waals surface area contributed by atoms with E-state index in [2.05, 4.69) is 9.97 Å². The van der Waals surface area contributed by atoms with Gasteiger partial charge in [-0.15, -0.1) is 0 Å². The number of hydrogen-bond acceptors (Lipinski definition) is 4. The van der Waals surface area contributed by atoms with Crippen LogP contribution in [0.15, 0.2) is 42.9 Å². The van der Waals surface area contributed by atoms with Crippen LogP contribution in [-0.4, -0.2) is 38.9 Å². The van der Waals surface area contributed by atoms with Crippen molar-refractivity contribution in [2.45, 2.75) is 19.4 Å². The van der Waals surface area contributed by atoms with Crippen molar-refractivity contribution in [1.29, 1.82) is 0 Å². The average Bonchev–Trinajstić information content (AvgIpc) is 2.53. The Kier molecular flexibility index (Phi) is 5.19. The van der Waals surface area contributed by atoms with Gasteiger partial charge in [0.05, 0.1) is 24.0 Å². The molecular formula is C16H17N3O3. The van der Waals surface area contributed by atoms with Gasteiger partial charge in [0, 0.05) is 25.9 Å². The van der Waals surface area contributed by atoms with E-state index in [9.17, 15) is 9.59 Å². The van der Waals surface area contributed by atoms with Crippen molar-refractivity contribution < 1.29 is 14.7 Å². The van der Waals surface area contributed by atoms with Gasteiger partial charge in [-0.1, -0.05) is 18.2 Å². The number of aromatic carboxylic acids is 1. The molecule has 1 aromatic heterocycles. The molecule has 22 heavy (non-hydrogen) atoms. The SMILES string of the molecule is CN(Cc1cnccn1)C(=O)CCc1ccccc1C(=O)O. The molecule has 0 saturated carbocycles. The number of hydrogen-bond donors (Lipinski definition) is 1. The maximum Gasteiger partial charge on any atom is 0.335 e. The molecule has 1 heterocycles. The van der Waals surface area contributed by atoms with Crippen molar-refractivity contribution in [3.63, 3.8) is 0 Å². The van der Waals surface area contributed by atoms with Gasteiger partial charge in [0.2, 0.25) is 5.91 Å². The van der Waals surface area contributed by atoms with E-state index in [1.54, 1.807) is 54.8 Å². The highest BCUT2D eigenvalue weighted by molar-refractivity contribution is 5.89. The van der Waals surface area contributed by atoms with Gasteiger partial charge in [0.1, 0.15) is 0 Å². The van der Waals surface area contributed by atoms with E-state index in [4.69, 9.17) is 5.11 Å². The number of carbonyl (C=O) groups excluding carboxylic acids is 1. The largest absolute Gasteiger partial charge is 0.478 e. The zero-order valence-corrected chi connectivity index (χ0v) is 12.3. The second-order valence-corrected chi connectivity index (χ2v) is 4.91. The maximum absolute atomic E-state index is 12.1. The van der Waals surface area contributed by atoms with Gasteiger partial charge in [-0.2, -0.15) is 0 Å². The summed E-state index contributed by atoms with van der Waals surface area (Å²) in [6.07, 6.45) is 5.42. The van der Waals surface area contributed by atoms with Gasteiger partial charge in [-0.3, -0.25) is 14.8 Å². The molecule has 0 radical (unpaired) electrons. The monoisotopic (exact) mass is 299 g/mol. The number of aromatic nitrogens is 2. The molecule has 6 nitrogen and oxygen atoms in total. The van der Waals surface area contributed by atoms with Gasteiger partial charge in [0.15, 0.2) is 0 Å². The van der Waals surface area contributed by atoms with Gasteiger partial charge < -0.3 is 10.0 Å². The molecule has 0 unspecified atom stereocenters. The summed E-state index contributed by atoms with van der Waals surface area (Å²) in [6, 6.07) is 6.73. The topological polar surface area (TPSA) is 83.4 Å². The third kappa shape index (κ3) is 4.12. The Morgan fingerprint density at radius 3 is 2.68 bits per heavy atom. The molecule has 2 rings (SSSR count). The number of carboxylic acid groups (broad SMARTS) is 1. The van der Waals surface area contributed by atoms with E-state index >= 15 is 0 Å². The molecular weight excluding hydrogens is 282 g/mol. The van der Waals surface area contributed by atoms with E-state index in [-0.39, 0.29) is 17.9 Å². The Morgan fingerprint density at radius 2 is 2.00 bits per heavy atom. The molecule has 1 N–H and O–H groups in total. The van der Waals surface area contributed by atoms with Crippen LogP contribution in [0.3, 0.4) is 0 Å². The first-order valence-corrected chi connectivity index (χ1v) is 6.88. The summed E-state index contributed by atoms with van der Waals surface area (Å²) >= 11 is 0. The summed E-state index contributed by atoms with van der Waals surface area (Å²) in [5, 5.41) is 9.12. The minimum atomic E-state index is -0.976. The predicted octanol–water partition coefficient (Wildman–Crippen LogP) is 1.77. The van der Waals surface area contributed by atoms with E-state index in [0.717, 1.165) is 0 Å². The van der Waals surface area contributed by atoms with Crippen molar-refractivity contribution in [2.75, 3.05) is 7.05 Å². The maximum atomic E-state index is 12.1. The molecule has 0 bridgehead atoms. The first-order chi connectivity index (χ1) is 10.6. The zero-order valence-electron chi connectivity index (χ0n) is 12.3. The number of benzene rings is 1. The Bertz CT molecular complexity index is 659. The Labute approximate surface area is 128 Å². The van der Waals surface area contributed by atoms with Crippen LogP contribution < -0.4 is 0 Å². The van der Waals surface area contributed by atoms with Crippen LogP contribution in [-0.2, 0) is 17.8 Å². The minimum Gasteiger partial charge on any atom is -0.478 e. The van der Waals surface area contributed by atoms with Crippen LogP contribution in [0, 0.1) is 0 Å². The Morgan fingerprint density at radius 1 is 1.23 bits per heavy atom. The summed E-state index contributed by atoms with van der Waals surface area (Å²) in [7, 11) is 1.69. The van der Waals surface area contributed by atoms with E-state index in [1.165, 1.54) is 0 Å². The molecule has 6 heteroatoms. The summed E-state index contributed by atoms with van der Waals surface area (Å²) in [5.74, 6) is -1.04. The smallest absolute Gasteiger partial charge is 0.335 e. The number of carboxylic acids is 1. The molecule has 2 aromatic rings. The predicted molar refractivity (Wildman–Crippen MR) is 80.2 cm³/mol. The Balaban J connectivity index is 1.94. The van der Waals surface area contributed by atoms with Gasteiger partial charge >= 0.3 is 5.97 Å². The van der Waals surface area contributed by atoms with Crippen molar-refractivity contribution in [3.8, 4) is 0 Å². The van der Waals surface area contributed by atoms with Crippen LogP contribution in [0.25, 0.3) is 0 Å². The van der Waals surface area contributed by atoms with Crippen LogP contribution in [0.4, 0.5) is 0 Å². The lowest BCUT2D eigenvalue weighted by atomic mass is 10.0.